The first-order chi connectivity index (χ1) is 15.3. The molecule has 0 aliphatic carbocycles. The number of hydrogen-bond acceptors (Lipinski definition) is 6. The molecule has 0 saturated heterocycles. The van der Waals surface area contributed by atoms with Crippen molar-refractivity contribution in [1.29, 1.82) is 0 Å². The Hall–Kier alpha value is -3.40. The third-order valence-electron chi connectivity index (χ3n) is 4.72. The van der Waals surface area contributed by atoms with Crippen molar-refractivity contribution in [2.75, 3.05) is 5.32 Å². The smallest absolute Gasteiger partial charge is 0.273 e. The van der Waals surface area contributed by atoms with Crippen LogP contribution in [0.3, 0.4) is 0 Å². The van der Waals surface area contributed by atoms with E-state index in [0.717, 1.165) is 20.8 Å². The van der Waals surface area contributed by atoms with Gasteiger partial charge in [-0.3, -0.25) is 20.2 Å². The first-order valence-corrected chi connectivity index (χ1v) is 11.0. The molecule has 0 aliphatic rings. The monoisotopic (exact) mass is 482 g/mol. The van der Waals surface area contributed by atoms with E-state index in [-0.39, 0.29) is 21.9 Å². The highest BCUT2D eigenvalue weighted by Crippen LogP contribution is 2.35. The Morgan fingerprint density at radius 2 is 1.94 bits per heavy atom. The first kappa shape index (κ1) is 21.8. The third-order valence-corrected chi connectivity index (χ3v) is 6.33. The number of nitro benzene ring substituents is 1. The van der Waals surface area contributed by atoms with Gasteiger partial charge in [-0.25, -0.2) is 4.98 Å². The summed E-state index contributed by atoms with van der Waals surface area (Å²) in [5.74, 6) is -0.538. The molecule has 0 unspecified atom stereocenters. The van der Waals surface area contributed by atoms with Crippen molar-refractivity contribution in [2.45, 2.75) is 6.92 Å². The van der Waals surface area contributed by atoms with Crippen molar-refractivity contribution >= 4 is 67.8 Å². The van der Waals surface area contributed by atoms with Crippen molar-refractivity contribution in [3.63, 3.8) is 0 Å². The minimum atomic E-state index is -0.538. The van der Waals surface area contributed by atoms with Crippen LogP contribution in [0.5, 0.6) is 0 Å². The quantitative estimate of drug-likeness (QED) is 0.211. The van der Waals surface area contributed by atoms with Crippen molar-refractivity contribution in [3.05, 3.63) is 86.9 Å². The average Bonchev–Trinajstić information content (AvgIpc) is 3.19. The van der Waals surface area contributed by atoms with Crippen molar-refractivity contribution in [1.82, 2.24) is 10.3 Å². The van der Waals surface area contributed by atoms with E-state index in [1.807, 2.05) is 24.3 Å². The zero-order chi connectivity index (χ0) is 22.8. The number of amides is 1. The molecule has 0 spiro atoms. The number of carbonyl (C=O) groups is 1. The Labute approximate surface area is 197 Å². The summed E-state index contributed by atoms with van der Waals surface area (Å²) in [5.41, 5.74) is 2.55. The summed E-state index contributed by atoms with van der Waals surface area (Å²) in [6.45, 7) is 1.52. The zero-order valence-corrected chi connectivity index (χ0v) is 19.0. The molecule has 0 bridgehead atoms. The predicted octanol–water partition coefficient (Wildman–Crippen LogP) is 5.96. The molecule has 4 aromatic rings. The Bertz CT molecular complexity index is 1350. The van der Waals surface area contributed by atoms with Crippen LogP contribution in [0.25, 0.3) is 20.8 Å². The second kappa shape index (κ2) is 8.99. The molecule has 10 heteroatoms. The fraction of sp³-hybridized carbons (Fsp3) is 0.0455. The molecule has 0 atom stereocenters. The second-order valence-electron chi connectivity index (χ2n) is 6.80. The summed E-state index contributed by atoms with van der Waals surface area (Å²) < 4.78 is 1.05. The van der Waals surface area contributed by atoms with E-state index in [2.05, 4.69) is 15.6 Å². The molecular weight excluding hydrogens is 468 g/mol. The minimum Gasteiger partial charge on any atom is -0.332 e. The van der Waals surface area contributed by atoms with Crippen LogP contribution in [0.2, 0.25) is 5.02 Å². The third kappa shape index (κ3) is 4.45. The number of halogens is 1. The van der Waals surface area contributed by atoms with Gasteiger partial charge in [0.1, 0.15) is 5.01 Å². The number of thiocarbonyl (C=S) groups is 1. The number of fused-ring (bicyclic) bond motifs is 1. The standard InChI is InChI=1S/C22H15ClN4O3S2/c1-12-14(5-4-7-18(12)27(29)30)20(28)26-22(31)24-13-9-10-16(23)15(11-13)21-25-17-6-2-3-8-19(17)32-21/h2-11H,1H3,(H2,24,26,28,31). The van der Waals surface area contributed by atoms with Crippen molar-refractivity contribution < 1.29 is 9.72 Å². The SMILES string of the molecule is Cc1c(C(=O)NC(=S)Nc2ccc(Cl)c(-c3nc4ccccc4s3)c2)cccc1[N+](=O)[O-]. The summed E-state index contributed by atoms with van der Waals surface area (Å²) >= 11 is 13.2. The summed E-state index contributed by atoms with van der Waals surface area (Å²) in [6.07, 6.45) is 0. The Morgan fingerprint density at radius 1 is 1.16 bits per heavy atom. The van der Waals surface area contributed by atoms with Crippen LogP contribution in [0.1, 0.15) is 15.9 Å². The van der Waals surface area contributed by atoms with Gasteiger partial charge in [0.15, 0.2) is 5.11 Å². The molecule has 32 heavy (non-hydrogen) atoms. The van der Waals surface area contributed by atoms with Crippen molar-refractivity contribution in [2.24, 2.45) is 0 Å². The number of rotatable bonds is 4. The molecule has 4 rings (SSSR count). The molecule has 0 aliphatic heterocycles. The minimum absolute atomic E-state index is 0.0541. The van der Waals surface area contributed by atoms with Crippen LogP contribution < -0.4 is 10.6 Å². The first-order valence-electron chi connectivity index (χ1n) is 9.35. The summed E-state index contributed by atoms with van der Waals surface area (Å²) in [7, 11) is 0. The van der Waals surface area contributed by atoms with E-state index in [4.69, 9.17) is 23.8 Å². The molecule has 1 amide bonds. The number of thiazole rings is 1. The second-order valence-corrected chi connectivity index (χ2v) is 8.64. The Balaban J connectivity index is 1.53. The van der Waals surface area contributed by atoms with Gasteiger partial charge in [-0.2, -0.15) is 0 Å². The van der Waals surface area contributed by atoms with Gasteiger partial charge in [0, 0.05) is 28.4 Å². The molecule has 1 aromatic heterocycles. The number of hydrogen-bond donors (Lipinski definition) is 2. The molecule has 2 N–H and O–H groups in total. The number of para-hydroxylation sites is 1. The summed E-state index contributed by atoms with van der Waals surface area (Å²) in [6, 6.07) is 17.4. The lowest BCUT2D eigenvalue weighted by Crippen LogP contribution is -2.34. The van der Waals surface area contributed by atoms with E-state index < -0.39 is 10.8 Å². The molecular formula is C22H15ClN4O3S2. The van der Waals surface area contributed by atoms with Gasteiger partial charge in [-0.05, 0) is 55.5 Å². The average molecular weight is 483 g/mol. The molecule has 0 fully saturated rings. The number of nitrogens with one attached hydrogen (secondary N) is 2. The van der Waals surface area contributed by atoms with Crippen molar-refractivity contribution in [3.8, 4) is 10.6 Å². The maximum Gasteiger partial charge on any atom is 0.273 e. The van der Waals surface area contributed by atoms with Crippen LogP contribution in [-0.4, -0.2) is 20.9 Å². The molecule has 160 valence electrons. The van der Waals surface area contributed by atoms with E-state index >= 15 is 0 Å². The molecule has 1 heterocycles. The Morgan fingerprint density at radius 3 is 2.69 bits per heavy atom. The number of anilines is 1. The normalized spacial score (nSPS) is 10.7. The van der Waals surface area contributed by atoms with Gasteiger partial charge in [-0.15, -0.1) is 11.3 Å². The van der Waals surface area contributed by atoms with Crippen LogP contribution in [0.15, 0.2) is 60.7 Å². The van der Waals surface area contributed by atoms with Gasteiger partial charge in [0.25, 0.3) is 11.6 Å². The predicted molar refractivity (Wildman–Crippen MR) is 132 cm³/mol. The molecule has 3 aromatic carbocycles. The largest absolute Gasteiger partial charge is 0.332 e. The van der Waals surface area contributed by atoms with E-state index in [1.54, 1.807) is 18.2 Å². The van der Waals surface area contributed by atoms with Crippen LogP contribution in [-0.2, 0) is 0 Å². The highest BCUT2D eigenvalue weighted by atomic mass is 35.5. The maximum absolute atomic E-state index is 12.6. The highest BCUT2D eigenvalue weighted by molar-refractivity contribution is 7.80. The van der Waals surface area contributed by atoms with Gasteiger partial charge in [0.05, 0.1) is 20.2 Å². The van der Waals surface area contributed by atoms with Crippen LogP contribution in [0.4, 0.5) is 11.4 Å². The maximum atomic E-state index is 12.6. The Kier molecular flexibility index (Phi) is 6.13. The topological polar surface area (TPSA) is 97.2 Å². The van der Waals surface area contributed by atoms with E-state index in [0.29, 0.717) is 10.7 Å². The van der Waals surface area contributed by atoms with Gasteiger partial charge < -0.3 is 5.32 Å². The summed E-state index contributed by atoms with van der Waals surface area (Å²) in [4.78, 5) is 27.8. The lowest BCUT2D eigenvalue weighted by atomic mass is 10.1. The number of nitrogens with zero attached hydrogens (tertiary/aromatic N) is 2. The lowest BCUT2D eigenvalue weighted by Gasteiger charge is -2.12. The molecule has 0 saturated carbocycles. The number of nitro groups is 1. The summed E-state index contributed by atoms with van der Waals surface area (Å²) in [5, 5.41) is 18.0. The lowest BCUT2D eigenvalue weighted by molar-refractivity contribution is -0.385. The fourth-order valence-corrected chi connectivity index (χ4v) is 4.62. The fourth-order valence-electron chi connectivity index (χ4n) is 3.15. The molecule has 7 nitrogen and oxygen atoms in total. The van der Waals surface area contributed by atoms with Gasteiger partial charge >= 0.3 is 0 Å². The zero-order valence-electron chi connectivity index (χ0n) is 16.6. The highest BCUT2D eigenvalue weighted by Gasteiger charge is 2.19. The number of benzene rings is 3. The number of carbonyl (C=O) groups excluding carboxylic acids is 1. The van der Waals surface area contributed by atoms with Gasteiger partial charge in [-0.1, -0.05) is 29.8 Å². The van der Waals surface area contributed by atoms with E-state index in [9.17, 15) is 14.9 Å². The molecule has 0 radical (unpaired) electrons. The van der Waals surface area contributed by atoms with Crippen LogP contribution in [0, 0.1) is 17.0 Å². The number of aromatic nitrogens is 1. The van der Waals surface area contributed by atoms with E-state index in [1.165, 1.54) is 36.5 Å². The van der Waals surface area contributed by atoms with Crippen LogP contribution >= 0.6 is 35.2 Å². The van der Waals surface area contributed by atoms with Gasteiger partial charge in [0.2, 0.25) is 0 Å².